The van der Waals surface area contributed by atoms with Crippen LogP contribution in [0.15, 0.2) is 41.2 Å². The molecule has 1 aromatic heterocycles. The van der Waals surface area contributed by atoms with Crippen LogP contribution >= 0.6 is 0 Å². The number of ether oxygens (including phenoxy) is 3. The van der Waals surface area contributed by atoms with Gasteiger partial charge in [-0.1, -0.05) is 18.2 Å². The van der Waals surface area contributed by atoms with E-state index in [0.29, 0.717) is 30.4 Å². The standard InChI is InChI=1S/C19H17N3O4/c1-2-24-15-6-4-3-5-11(15)12-8-18-20-21-19(23)22(18)14-9-17-16(7-13(12)14)25-10-26-17/h3-7,9,12H,2,8,10H2,1H3,(H,21,23). The van der Waals surface area contributed by atoms with E-state index in [9.17, 15) is 4.79 Å². The van der Waals surface area contributed by atoms with Gasteiger partial charge in [-0.15, -0.1) is 0 Å². The van der Waals surface area contributed by atoms with Crippen LogP contribution in [0.1, 0.15) is 29.8 Å². The Morgan fingerprint density at radius 1 is 1.23 bits per heavy atom. The highest BCUT2D eigenvalue weighted by Crippen LogP contribution is 2.45. The fraction of sp³-hybridized carbons (Fsp3) is 0.263. The van der Waals surface area contributed by atoms with Crippen LogP contribution in [0.25, 0.3) is 5.69 Å². The van der Waals surface area contributed by atoms with Gasteiger partial charge >= 0.3 is 5.69 Å². The summed E-state index contributed by atoms with van der Waals surface area (Å²) in [6.45, 7) is 2.74. The predicted molar refractivity (Wildman–Crippen MR) is 93.5 cm³/mol. The Morgan fingerprint density at radius 2 is 2.04 bits per heavy atom. The molecule has 26 heavy (non-hydrogen) atoms. The minimum absolute atomic E-state index is 0.00458. The smallest absolute Gasteiger partial charge is 0.347 e. The van der Waals surface area contributed by atoms with Crippen LogP contribution in [-0.4, -0.2) is 28.2 Å². The van der Waals surface area contributed by atoms with Crippen molar-refractivity contribution in [1.82, 2.24) is 14.8 Å². The lowest BCUT2D eigenvalue weighted by molar-refractivity contribution is 0.174. The van der Waals surface area contributed by atoms with E-state index in [1.165, 1.54) is 0 Å². The van der Waals surface area contributed by atoms with E-state index in [-0.39, 0.29) is 18.4 Å². The molecule has 0 fully saturated rings. The largest absolute Gasteiger partial charge is 0.494 e. The molecule has 0 radical (unpaired) electrons. The average molecular weight is 351 g/mol. The quantitative estimate of drug-likeness (QED) is 0.784. The van der Waals surface area contributed by atoms with Crippen molar-refractivity contribution in [1.29, 1.82) is 0 Å². The second-order valence-electron chi connectivity index (χ2n) is 6.27. The molecule has 0 saturated heterocycles. The number of hydrogen-bond acceptors (Lipinski definition) is 5. The summed E-state index contributed by atoms with van der Waals surface area (Å²) in [6, 6.07) is 11.8. The Balaban J connectivity index is 1.74. The van der Waals surface area contributed by atoms with E-state index >= 15 is 0 Å². The van der Waals surface area contributed by atoms with Crippen LogP contribution in [0.3, 0.4) is 0 Å². The first-order valence-corrected chi connectivity index (χ1v) is 8.58. The highest BCUT2D eigenvalue weighted by atomic mass is 16.7. The van der Waals surface area contributed by atoms with Crippen molar-refractivity contribution in [2.75, 3.05) is 13.4 Å². The third kappa shape index (κ3) is 2.13. The molecule has 2 aliphatic rings. The molecule has 1 unspecified atom stereocenters. The van der Waals surface area contributed by atoms with Gasteiger partial charge in [-0.2, -0.15) is 5.10 Å². The number of para-hydroxylation sites is 1. The molecule has 1 N–H and O–H groups in total. The average Bonchev–Trinajstić information content (AvgIpc) is 3.26. The molecule has 0 aliphatic carbocycles. The number of aromatic nitrogens is 3. The molecule has 3 heterocycles. The van der Waals surface area contributed by atoms with Gasteiger partial charge in [0.05, 0.1) is 12.3 Å². The summed E-state index contributed by atoms with van der Waals surface area (Å²) < 4.78 is 18.5. The molecule has 0 bridgehead atoms. The topological polar surface area (TPSA) is 78.4 Å². The molecular formula is C19H17N3O4. The number of nitrogens with one attached hydrogen (secondary N) is 1. The molecular weight excluding hydrogens is 334 g/mol. The van der Waals surface area contributed by atoms with Crippen LogP contribution in [0.5, 0.6) is 17.2 Å². The van der Waals surface area contributed by atoms with Crippen LogP contribution in [0.2, 0.25) is 0 Å². The van der Waals surface area contributed by atoms with E-state index in [1.807, 2.05) is 37.3 Å². The van der Waals surface area contributed by atoms with E-state index in [0.717, 1.165) is 22.6 Å². The second kappa shape index (κ2) is 5.66. The van der Waals surface area contributed by atoms with Crippen molar-refractivity contribution in [3.05, 3.63) is 63.8 Å². The van der Waals surface area contributed by atoms with Crippen LogP contribution in [0.4, 0.5) is 0 Å². The number of nitrogens with zero attached hydrogens (tertiary/aromatic N) is 2. The Bertz CT molecular complexity index is 1050. The number of benzene rings is 2. The predicted octanol–water partition coefficient (Wildman–Crippen LogP) is 2.38. The summed E-state index contributed by atoms with van der Waals surface area (Å²) in [5.74, 6) is 2.88. The fourth-order valence-corrected chi connectivity index (χ4v) is 3.76. The maximum absolute atomic E-state index is 12.3. The van der Waals surface area contributed by atoms with Crippen molar-refractivity contribution < 1.29 is 14.2 Å². The van der Waals surface area contributed by atoms with E-state index in [1.54, 1.807) is 4.57 Å². The SMILES string of the molecule is CCOc1ccccc1C1Cc2n[nH]c(=O)n2-c2cc3c(cc21)OCO3. The van der Waals surface area contributed by atoms with Gasteiger partial charge in [-0.3, -0.25) is 0 Å². The fourth-order valence-electron chi connectivity index (χ4n) is 3.76. The zero-order valence-corrected chi connectivity index (χ0v) is 14.2. The number of fused-ring (bicyclic) bond motifs is 4. The summed E-state index contributed by atoms with van der Waals surface area (Å²) in [6.07, 6.45) is 0.593. The Kier molecular flexibility index (Phi) is 3.28. The molecule has 7 heteroatoms. The van der Waals surface area contributed by atoms with E-state index in [2.05, 4.69) is 16.3 Å². The molecule has 5 rings (SSSR count). The van der Waals surface area contributed by atoms with E-state index in [4.69, 9.17) is 14.2 Å². The van der Waals surface area contributed by atoms with Gasteiger partial charge in [0.25, 0.3) is 0 Å². The highest BCUT2D eigenvalue weighted by molar-refractivity contribution is 5.61. The van der Waals surface area contributed by atoms with Crippen LogP contribution in [0, 0.1) is 0 Å². The van der Waals surface area contributed by atoms with Gasteiger partial charge in [0.2, 0.25) is 6.79 Å². The van der Waals surface area contributed by atoms with Crippen molar-refractivity contribution in [3.8, 4) is 22.9 Å². The summed E-state index contributed by atoms with van der Waals surface area (Å²) in [5, 5.41) is 6.77. The molecule has 3 aromatic rings. The van der Waals surface area contributed by atoms with Crippen LogP contribution < -0.4 is 19.9 Å². The van der Waals surface area contributed by atoms with Crippen molar-refractivity contribution in [2.24, 2.45) is 0 Å². The third-order valence-corrected chi connectivity index (χ3v) is 4.86. The second-order valence-corrected chi connectivity index (χ2v) is 6.27. The van der Waals surface area contributed by atoms with Gasteiger partial charge in [0.1, 0.15) is 11.6 Å². The third-order valence-electron chi connectivity index (χ3n) is 4.86. The highest BCUT2D eigenvalue weighted by Gasteiger charge is 2.33. The molecule has 2 aromatic carbocycles. The number of H-pyrrole nitrogens is 1. The normalized spacial score (nSPS) is 16.9. The van der Waals surface area contributed by atoms with Gasteiger partial charge < -0.3 is 14.2 Å². The first-order valence-electron chi connectivity index (χ1n) is 8.58. The van der Waals surface area contributed by atoms with Gasteiger partial charge in [0.15, 0.2) is 11.5 Å². The monoisotopic (exact) mass is 351 g/mol. The van der Waals surface area contributed by atoms with Gasteiger partial charge in [-0.05, 0) is 24.6 Å². The number of rotatable bonds is 3. The Hall–Kier alpha value is -3.22. The summed E-state index contributed by atoms with van der Waals surface area (Å²) in [4.78, 5) is 12.3. The minimum atomic E-state index is -0.253. The maximum Gasteiger partial charge on any atom is 0.347 e. The summed E-state index contributed by atoms with van der Waals surface area (Å²) in [7, 11) is 0. The van der Waals surface area contributed by atoms with Crippen molar-refractivity contribution in [3.63, 3.8) is 0 Å². The first-order chi connectivity index (χ1) is 12.8. The minimum Gasteiger partial charge on any atom is -0.494 e. The molecule has 132 valence electrons. The molecule has 2 aliphatic heterocycles. The lowest BCUT2D eigenvalue weighted by atomic mass is 9.84. The molecule has 0 spiro atoms. The molecule has 7 nitrogen and oxygen atoms in total. The van der Waals surface area contributed by atoms with Crippen molar-refractivity contribution in [2.45, 2.75) is 19.3 Å². The molecule has 1 atom stereocenters. The Morgan fingerprint density at radius 3 is 2.88 bits per heavy atom. The number of aromatic amines is 1. The number of hydrogen-bond donors (Lipinski definition) is 1. The van der Waals surface area contributed by atoms with E-state index < -0.39 is 0 Å². The van der Waals surface area contributed by atoms with Gasteiger partial charge in [0, 0.05) is 24.0 Å². The lowest BCUT2D eigenvalue weighted by Gasteiger charge is -2.27. The maximum atomic E-state index is 12.3. The lowest BCUT2D eigenvalue weighted by Crippen LogP contribution is -2.25. The van der Waals surface area contributed by atoms with Crippen molar-refractivity contribution >= 4 is 0 Å². The zero-order valence-electron chi connectivity index (χ0n) is 14.2. The summed E-state index contributed by atoms with van der Waals surface area (Å²) >= 11 is 0. The van der Waals surface area contributed by atoms with Crippen LogP contribution in [-0.2, 0) is 6.42 Å². The molecule has 0 saturated carbocycles. The Labute approximate surface area is 149 Å². The molecule has 0 amide bonds. The summed E-state index contributed by atoms with van der Waals surface area (Å²) in [5.41, 5.74) is 2.58. The zero-order chi connectivity index (χ0) is 17.7. The van der Waals surface area contributed by atoms with Gasteiger partial charge in [-0.25, -0.2) is 14.5 Å². The first kappa shape index (κ1) is 15.1.